The molecule has 0 saturated carbocycles. The third-order valence-corrected chi connectivity index (χ3v) is 6.03. The Morgan fingerprint density at radius 2 is 1.87 bits per heavy atom. The van der Waals surface area contributed by atoms with Gasteiger partial charge in [0.2, 0.25) is 0 Å². The fraction of sp³-hybridized carbons (Fsp3) is 0.346. The second kappa shape index (κ2) is 9.29. The van der Waals surface area contributed by atoms with Gasteiger partial charge in [-0.1, -0.05) is 55.0 Å². The number of para-hydroxylation sites is 1. The largest absolute Gasteiger partial charge is 0.452 e. The Balaban J connectivity index is 1.58. The predicted octanol–water partition coefficient (Wildman–Crippen LogP) is 5.16. The van der Waals surface area contributed by atoms with Gasteiger partial charge in [0, 0.05) is 23.5 Å². The van der Waals surface area contributed by atoms with Crippen LogP contribution in [0.15, 0.2) is 54.6 Å². The first-order chi connectivity index (χ1) is 15.1. The fourth-order valence-corrected chi connectivity index (χ4v) is 4.26. The van der Waals surface area contributed by atoms with Crippen LogP contribution in [0, 0.1) is 6.92 Å². The van der Waals surface area contributed by atoms with Crippen molar-refractivity contribution in [1.82, 2.24) is 9.88 Å². The molecule has 2 aromatic carbocycles. The van der Waals surface area contributed by atoms with E-state index in [1.807, 2.05) is 60.4 Å². The number of nitrogens with zero attached hydrogens (tertiary/aromatic N) is 2. The summed E-state index contributed by atoms with van der Waals surface area (Å²) in [6, 6.07) is 17.5. The number of aryl methyl sites for hydroxylation is 1. The van der Waals surface area contributed by atoms with Gasteiger partial charge in [-0.25, -0.2) is 9.78 Å². The van der Waals surface area contributed by atoms with Crippen LogP contribution < -0.4 is 0 Å². The first kappa shape index (κ1) is 21.0. The maximum atomic E-state index is 13.0. The first-order valence-corrected chi connectivity index (χ1v) is 11.0. The average Bonchev–Trinajstić information content (AvgIpc) is 2.82. The van der Waals surface area contributed by atoms with E-state index in [9.17, 15) is 9.59 Å². The van der Waals surface area contributed by atoms with Gasteiger partial charge in [0.15, 0.2) is 6.61 Å². The number of aromatic nitrogens is 1. The molecule has 1 aliphatic rings. The zero-order chi connectivity index (χ0) is 21.8. The fourth-order valence-electron chi connectivity index (χ4n) is 4.26. The lowest BCUT2D eigenvalue weighted by Gasteiger charge is -2.35. The molecule has 0 aliphatic carbocycles. The molecule has 0 radical (unpaired) electrons. The van der Waals surface area contributed by atoms with Crippen molar-refractivity contribution in [3.63, 3.8) is 0 Å². The number of fused-ring (bicyclic) bond motifs is 1. The standard InChI is InChI=1S/C26H28N2O3/c1-3-20-8-6-7-15-28(20)25(29)17-31-26(30)22-16-24(19-13-11-18(2)12-14-19)27-23-10-5-4-9-21(22)23/h4-5,9-14,16,20H,3,6-8,15,17H2,1-2H3. The lowest BCUT2D eigenvalue weighted by Crippen LogP contribution is -2.45. The van der Waals surface area contributed by atoms with Gasteiger partial charge in [-0.15, -0.1) is 0 Å². The number of carbonyl (C=O) groups excluding carboxylic acids is 2. The van der Waals surface area contributed by atoms with Crippen LogP contribution in [0.4, 0.5) is 0 Å². The molecule has 160 valence electrons. The molecule has 1 amide bonds. The number of pyridine rings is 1. The van der Waals surface area contributed by atoms with Crippen LogP contribution in [0.1, 0.15) is 48.5 Å². The summed E-state index contributed by atoms with van der Waals surface area (Å²) in [6.07, 6.45) is 4.09. The Morgan fingerprint density at radius 1 is 1.10 bits per heavy atom. The van der Waals surface area contributed by atoms with Crippen LogP contribution in [0.3, 0.4) is 0 Å². The molecule has 5 nitrogen and oxygen atoms in total. The monoisotopic (exact) mass is 416 g/mol. The van der Waals surface area contributed by atoms with E-state index in [0.717, 1.165) is 54.3 Å². The molecule has 2 heterocycles. The van der Waals surface area contributed by atoms with Gasteiger partial charge in [-0.2, -0.15) is 0 Å². The lowest BCUT2D eigenvalue weighted by molar-refractivity contribution is -0.138. The summed E-state index contributed by atoms with van der Waals surface area (Å²) >= 11 is 0. The van der Waals surface area contributed by atoms with Crippen LogP contribution in [-0.4, -0.2) is 41.0 Å². The summed E-state index contributed by atoms with van der Waals surface area (Å²) in [6.45, 7) is 4.64. The van der Waals surface area contributed by atoms with Gasteiger partial charge >= 0.3 is 5.97 Å². The molecule has 1 aromatic heterocycles. The van der Waals surface area contributed by atoms with Crippen molar-refractivity contribution in [3.05, 3.63) is 65.7 Å². The highest BCUT2D eigenvalue weighted by Crippen LogP contribution is 2.26. The molecular weight excluding hydrogens is 388 g/mol. The number of esters is 1. The van der Waals surface area contributed by atoms with E-state index in [4.69, 9.17) is 9.72 Å². The number of likely N-dealkylation sites (tertiary alicyclic amines) is 1. The highest BCUT2D eigenvalue weighted by Gasteiger charge is 2.26. The minimum absolute atomic E-state index is 0.114. The summed E-state index contributed by atoms with van der Waals surface area (Å²) < 4.78 is 5.50. The second-order valence-electron chi connectivity index (χ2n) is 8.16. The van der Waals surface area contributed by atoms with E-state index in [2.05, 4.69) is 6.92 Å². The average molecular weight is 417 g/mol. The summed E-state index contributed by atoms with van der Waals surface area (Å²) in [5.41, 5.74) is 3.95. The minimum Gasteiger partial charge on any atom is -0.452 e. The van der Waals surface area contributed by atoms with Gasteiger partial charge in [0.25, 0.3) is 5.91 Å². The molecule has 1 unspecified atom stereocenters. The molecule has 1 fully saturated rings. The number of rotatable bonds is 5. The SMILES string of the molecule is CCC1CCCCN1C(=O)COC(=O)c1cc(-c2ccc(C)cc2)nc2ccccc12. The van der Waals surface area contributed by atoms with Crippen LogP contribution >= 0.6 is 0 Å². The zero-order valence-corrected chi connectivity index (χ0v) is 18.1. The summed E-state index contributed by atoms with van der Waals surface area (Å²) in [5, 5.41) is 0.722. The van der Waals surface area contributed by atoms with Gasteiger partial charge in [0.05, 0.1) is 16.8 Å². The van der Waals surface area contributed by atoms with E-state index in [0.29, 0.717) is 11.3 Å². The van der Waals surface area contributed by atoms with E-state index >= 15 is 0 Å². The van der Waals surface area contributed by atoms with E-state index in [-0.39, 0.29) is 18.6 Å². The van der Waals surface area contributed by atoms with Gasteiger partial charge < -0.3 is 9.64 Å². The quantitative estimate of drug-likeness (QED) is 0.539. The second-order valence-corrected chi connectivity index (χ2v) is 8.16. The molecular formula is C26H28N2O3. The molecule has 3 aromatic rings. The maximum absolute atomic E-state index is 13.0. The third kappa shape index (κ3) is 4.61. The number of hydrogen-bond acceptors (Lipinski definition) is 4. The van der Waals surface area contributed by atoms with Gasteiger partial charge in [0.1, 0.15) is 0 Å². The van der Waals surface area contributed by atoms with Crippen molar-refractivity contribution in [3.8, 4) is 11.3 Å². The zero-order valence-electron chi connectivity index (χ0n) is 18.1. The predicted molar refractivity (Wildman–Crippen MR) is 122 cm³/mol. The van der Waals surface area contributed by atoms with Crippen molar-refractivity contribution in [2.24, 2.45) is 0 Å². The molecule has 5 heteroatoms. The van der Waals surface area contributed by atoms with Crippen molar-refractivity contribution in [1.29, 1.82) is 0 Å². The Kier molecular flexibility index (Phi) is 6.31. The van der Waals surface area contributed by atoms with Gasteiger partial charge in [-0.05, 0) is 44.7 Å². The Morgan fingerprint density at radius 3 is 2.65 bits per heavy atom. The number of carbonyl (C=O) groups is 2. The number of amides is 1. The molecule has 1 aliphatic heterocycles. The smallest absolute Gasteiger partial charge is 0.339 e. The van der Waals surface area contributed by atoms with Crippen molar-refractivity contribution >= 4 is 22.8 Å². The number of hydrogen-bond donors (Lipinski definition) is 0. The van der Waals surface area contributed by atoms with Crippen LogP contribution in [-0.2, 0) is 9.53 Å². The topological polar surface area (TPSA) is 59.5 Å². The van der Waals surface area contributed by atoms with E-state index < -0.39 is 5.97 Å². The summed E-state index contributed by atoms with van der Waals surface area (Å²) in [4.78, 5) is 32.3. The summed E-state index contributed by atoms with van der Waals surface area (Å²) in [5.74, 6) is -0.609. The number of benzene rings is 2. The number of piperidine rings is 1. The molecule has 4 rings (SSSR count). The van der Waals surface area contributed by atoms with Crippen LogP contribution in [0.25, 0.3) is 22.2 Å². The van der Waals surface area contributed by atoms with Crippen LogP contribution in [0.2, 0.25) is 0 Å². The molecule has 1 saturated heterocycles. The van der Waals surface area contributed by atoms with E-state index in [1.165, 1.54) is 0 Å². The maximum Gasteiger partial charge on any atom is 0.339 e. The van der Waals surface area contributed by atoms with Crippen molar-refractivity contribution in [2.75, 3.05) is 13.2 Å². The Bertz CT molecular complexity index is 1090. The number of ether oxygens (including phenoxy) is 1. The molecule has 1 atom stereocenters. The highest BCUT2D eigenvalue weighted by atomic mass is 16.5. The molecule has 0 N–H and O–H groups in total. The molecule has 0 bridgehead atoms. The Hall–Kier alpha value is -3.21. The molecule has 31 heavy (non-hydrogen) atoms. The minimum atomic E-state index is -0.495. The normalized spacial score (nSPS) is 16.3. The van der Waals surface area contributed by atoms with Crippen LogP contribution in [0.5, 0.6) is 0 Å². The van der Waals surface area contributed by atoms with Gasteiger partial charge in [-0.3, -0.25) is 4.79 Å². The third-order valence-electron chi connectivity index (χ3n) is 6.03. The Labute approximate surface area is 183 Å². The lowest BCUT2D eigenvalue weighted by atomic mass is 10.00. The van der Waals surface area contributed by atoms with Crippen molar-refractivity contribution in [2.45, 2.75) is 45.6 Å². The summed E-state index contributed by atoms with van der Waals surface area (Å²) in [7, 11) is 0. The van der Waals surface area contributed by atoms with Crippen molar-refractivity contribution < 1.29 is 14.3 Å². The highest BCUT2D eigenvalue weighted by molar-refractivity contribution is 6.05. The van der Waals surface area contributed by atoms with E-state index in [1.54, 1.807) is 6.07 Å². The first-order valence-electron chi connectivity index (χ1n) is 11.0. The molecule has 0 spiro atoms.